The second-order valence-corrected chi connectivity index (χ2v) is 4.89. The molecule has 0 saturated carbocycles. The maximum Gasteiger partial charge on any atom is 0.0584 e. The van der Waals surface area contributed by atoms with Crippen LogP contribution in [0, 0.1) is 0 Å². The van der Waals surface area contributed by atoms with Crippen LogP contribution in [0.3, 0.4) is 0 Å². The van der Waals surface area contributed by atoms with Crippen molar-refractivity contribution in [1.82, 2.24) is 0 Å². The molecular formula is C11H16Si. The number of hydrogen-bond acceptors (Lipinski definition) is 0. The lowest BCUT2D eigenvalue weighted by atomic mass is 10.2. The lowest BCUT2D eigenvalue weighted by Crippen LogP contribution is -2.12. The topological polar surface area (TPSA) is 0 Å². The fraction of sp³-hybridized carbons (Fsp3) is 0.273. The number of aryl methyl sites for hydroxylation is 1. The van der Waals surface area contributed by atoms with Crippen molar-refractivity contribution in [3.8, 4) is 0 Å². The Bertz CT molecular complexity index is 236. The second kappa shape index (κ2) is 4.94. The minimum absolute atomic E-state index is 0.0531. The number of rotatable bonds is 4. The molecular weight excluding hydrogens is 160 g/mol. The third-order valence-electron chi connectivity index (χ3n) is 2.07. The first kappa shape index (κ1) is 9.27. The van der Waals surface area contributed by atoms with Gasteiger partial charge in [-0.05, 0) is 18.0 Å². The van der Waals surface area contributed by atoms with Crippen LogP contribution < -0.4 is 5.19 Å². The molecule has 0 aliphatic carbocycles. The molecule has 0 amide bonds. The van der Waals surface area contributed by atoms with Crippen molar-refractivity contribution in [3.63, 3.8) is 0 Å². The summed E-state index contributed by atoms with van der Waals surface area (Å²) in [4.78, 5) is 0. The first-order valence-corrected chi connectivity index (χ1v) is 6.26. The van der Waals surface area contributed by atoms with Crippen LogP contribution in [0.4, 0.5) is 0 Å². The van der Waals surface area contributed by atoms with Crippen LogP contribution in [0.2, 0.25) is 6.04 Å². The molecule has 0 aliphatic heterocycles. The fourth-order valence-electron chi connectivity index (χ4n) is 1.21. The average molecular weight is 176 g/mol. The Kier molecular flexibility index (Phi) is 3.81. The van der Waals surface area contributed by atoms with Crippen molar-refractivity contribution in [3.05, 3.63) is 42.5 Å². The van der Waals surface area contributed by atoms with Crippen LogP contribution in [-0.2, 0) is 6.42 Å². The van der Waals surface area contributed by atoms with Crippen LogP contribution in [0.1, 0.15) is 12.5 Å². The summed E-state index contributed by atoms with van der Waals surface area (Å²) in [5.41, 5.74) is 1.44. The van der Waals surface area contributed by atoms with Gasteiger partial charge in [0.05, 0.1) is 9.52 Å². The summed E-state index contributed by atoms with van der Waals surface area (Å²) >= 11 is 0. The maximum atomic E-state index is 3.74. The van der Waals surface area contributed by atoms with Gasteiger partial charge in [0.2, 0.25) is 0 Å². The number of hydrogen-bond donors (Lipinski definition) is 0. The first-order chi connectivity index (χ1) is 5.86. The van der Waals surface area contributed by atoms with Gasteiger partial charge in [-0.2, -0.15) is 0 Å². The van der Waals surface area contributed by atoms with Crippen LogP contribution in [-0.4, -0.2) is 9.52 Å². The molecule has 0 saturated heterocycles. The van der Waals surface area contributed by atoms with Crippen LogP contribution in [0.5, 0.6) is 0 Å². The van der Waals surface area contributed by atoms with E-state index in [1.807, 2.05) is 6.08 Å². The third kappa shape index (κ3) is 2.66. The van der Waals surface area contributed by atoms with Gasteiger partial charge in [-0.15, -0.1) is 6.58 Å². The largest absolute Gasteiger partial charge is 0.103 e. The van der Waals surface area contributed by atoms with Gasteiger partial charge in [0, 0.05) is 0 Å². The Morgan fingerprint density at radius 2 is 2.00 bits per heavy atom. The molecule has 0 bridgehead atoms. The monoisotopic (exact) mass is 176 g/mol. The zero-order valence-corrected chi connectivity index (χ0v) is 9.13. The molecule has 0 aromatic heterocycles. The van der Waals surface area contributed by atoms with E-state index < -0.39 is 0 Å². The second-order valence-electron chi connectivity index (χ2n) is 3.00. The molecule has 0 unspecified atom stereocenters. The van der Waals surface area contributed by atoms with E-state index in [4.69, 9.17) is 0 Å². The van der Waals surface area contributed by atoms with Crippen molar-refractivity contribution >= 4 is 14.7 Å². The molecule has 12 heavy (non-hydrogen) atoms. The van der Waals surface area contributed by atoms with E-state index in [2.05, 4.69) is 37.8 Å². The van der Waals surface area contributed by atoms with Gasteiger partial charge in [-0.1, -0.05) is 42.5 Å². The molecule has 1 heteroatoms. The van der Waals surface area contributed by atoms with Crippen LogP contribution >= 0.6 is 0 Å². The van der Waals surface area contributed by atoms with E-state index in [0.29, 0.717) is 0 Å². The van der Waals surface area contributed by atoms with Crippen molar-refractivity contribution in [1.29, 1.82) is 0 Å². The molecule has 0 spiro atoms. The van der Waals surface area contributed by atoms with Gasteiger partial charge in [-0.25, -0.2) is 0 Å². The van der Waals surface area contributed by atoms with Crippen molar-refractivity contribution < 1.29 is 0 Å². The number of benzene rings is 1. The molecule has 0 radical (unpaired) electrons. The summed E-state index contributed by atoms with van der Waals surface area (Å²) in [6, 6.07) is 10.2. The molecule has 0 N–H and O–H groups in total. The predicted octanol–water partition coefficient (Wildman–Crippen LogP) is 1.65. The smallest absolute Gasteiger partial charge is 0.0584 e. The van der Waals surface area contributed by atoms with E-state index in [-0.39, 0.29) is 9.52 Å². The quantitative estimate of drug-likeness (QED) is 0.483. The van der Waals surface area contributed by atoms with E-state index >= 15 is 0 Å². The molecule has 1 aromatic carbocycles. The highest BCUT2D eigenvalue weighted by atomic mass is 28.2. The molecule has 1 rings (SSSR count). The number of allylic oxidation sites excluding steroid dienone is 1. The van der Waals surface area contributed by atoms with E-state index in [9.17, 15) is 0 Å². The van der Waals surface area contributed by atoms with Gasteiger partial charge in [-0.3, -0.25) is 0 Å². The van der Waals surface area contributed by atoms with Crippen molar-refractivity contribution in [2.75, 3.05) is 0 Å². The molecule has 1 aromatic rings. The summed E-state index contributed by atoms with van der Waals surface area (Å²) in [6.07, 6.45) is 3.17. The summed E-state index contributed by atoms with van der Waals surface area (Å²) in [5, 5.41) is 1.55. The predicted molar refractivity (Wildman–Crippen MR) is 59.0 cm³/mol. The van der Waals surface area contributed by atoms with Gasteiger partial charge in [0.15, 0.2) is 0 Å². The minimum atomic E-state index is -0.0531. The highest BCUT2D eigenvalue weighted by Crippen LogP contribution is 1.97. The Balaban J connectivity index is 2.58. The Morgan fingerprint density at radius 1 is 1.33 bits per heavy atom. The molecule has 0 fully saturated rings. The van der Waals surface area contributed by atoms with E-state index in [1.54, 1.807) is 5.19 Å². The lowest BCUT2D eigenvalue weighted by Gasteiger charge is -1.99. The van der Waals surface area contributed by atoms with Crippen molar-refractivity contribution in [2.45, 2.75) is 19.4 Å². The van der Waals surface area contributed by atoms with Gasteiger partial charge in [0.25, 0.3) is 0 Å². The fourth-order valence-corrected chi connectivity index (χ4v) is 2.32. The van der Waals surface area contributed by atoms with Crippen LogP contribution in [0.25, 0.3) is 0 Å². The molecule has 0 heterocycles. The minimum Gasteiger partial charge on any atom is -0.103 e. The molecule has 64 valence electrons. The van der Waals surface area contributed by atoms with Crippen LogP contribution in [0.15, 0.2) is 36.9 Å². The molecule has 0 nitrogen and oxygen atoms in total. The SMILES string of the molecule is C=CC[SiH2]c1ccc(CC)cc1. The molecule has 0 atom stereocenters. The summed E-state index contributed by atoms with van der Waals surface area (Å²) in [5.74, 6) is 0. The highest BCUT2D eigenvalue weighted by Gasteiger charge is 1.91. The summed E-state index contributed by atoms with van der Waals surface area (Å²) < 4.78 is 0. The summed E-state index contributed by atoms with van der Waals surface area (Å²) in [6.45, 7) is 5.93. The highest BCUT2D eigenvalue weighted by molar-refractivity contribution is 6.53. The normalized spacial score (nSPS) is 10.8. The first-order valence-electron chi connectivity index (χ1n) is 4.55. The zero-order chi connectivity index (χ0) is 8.81. The Labute approximate surface area is 77.1 Å². The van der Waals surface area contributed by atoms with Gasteiger partial charge >= 0.3 is 0 Å². The molecule has 0 aliphatic rings. The Morgan fingerprint density at radius 3 is 2.50 bits per heavy atom. The van der Waals surface area contributed by atoms with E-state index in [1.165, 1.54) is 11.6 Å². The summed E-state index contributed by atoms with van der Waals surface area (Å²) in [7, 11) is -0.0531. The van der Waals surface area contributed by atoms with Crippen molar-refractivity contribution in [2.24, 2.45) is 0 Å². The lowest BCUT2D eigenvalue weighted by molar-refractivity contribution is 1.14. The Hall–Kier alpha value is -0.823. The van der Waals surface area contributed by atoms with Gasteiger partial charge in [0.1, 0.15) is 0 Å². The maximum absolute atomic E-state index is 3.74. The van der Waals surface area contributed by atoms with Gasteiger partial charge < -0.3 is 0 Å². The average Bonchev–Trinajstić information content (AvgIpc) is 2.15. The zero-order valence-electron chi connectivity index (χ0n) is 7.72. The standard InChI is InChI=1S/C11H16Si/c1-3-9-12-11-7-5-10(4-2)6-8-11/h3,5-8H,1,4,9,12H2,2H3. The third-order valence-corrected chi connectivity index (χ3v) is 3.81. The van der Waals surface area contributed by atoms with E-state index in [0.717, 1.165) is 6.42 Å².